The summed E-state index contributed by atoms with van der Waals surface area (Å²) in [6, 6.07) is 11.0. The zero-order valence-electron chi connectivity index (χ0n) is 12.5. The third-order valence-corrected chi connectivity index (χ3v) is 3.67. The van der Waals surface area contributed by atoms with Crippen molar-refractivity contribution >= 4 is 23.4 Å². The Morgan fingerprint density at radius 3 is 2.09 bits per heavy atom. The van der Waals surface area contributed by atoms with Gasteiger partial charge in [0.25, 0.3) is 11.7 Å². The molecule has 7 heteroatoms. The van der Waals surface area contributed by atoms with E-state index in [0.29, 0.717) is 39.4 Å². The van der Waals surface area contributed by atoms with E-state index in [1.54, 1.807) is 18.2 Å². The topological polar surface area (TPSA) is 47.6 Å². The van der Waals surface area contributed by atoms with Gasteiger partial charge < -0.3 is 14.8 Å². The fourth-order valence-corrected chi connectivity index (χ4v) is 2.37. The van der Waals surface area contributed by atoms with E-state index in [4.69, 9.17) is 9.47 Å². The van der Waals surface area contributed by atoms with Gasteiger partial charge in [-0.15, -0.1) is 0 Å². The van der Waals surface area contributed by atoms with E-state index in [0.717, 1.165) is 0 Å². The summed E-state index contributed by atoms with van der Waals surface area (Å²) in [7, 11) is 3.03. The van der Waals surface area contributed by atoms with E-state index in [-0.39, 0.29) is 5.91 Å². The number of amides is 1. The molecular weight excluding hydrogens is 324 g/mol. The standard InChI is InChI=1S/C16H15F2NO3S/c1-21-12-7-11(8-13(9-12)22-2)19-15(20)10-3-5-14(6-4-10)23-16(17)18/h3-9,16H,1-2H3,(H,19,20). The second-order valence-electron chi connectivity index (χ2n) is 4.46. The molecule has 0 aliphatic carbocycles. The van der Waals surface area contributed by atoms with E-state index < -0.39 is 5.76 Å². The van der Waals surface area contributed by atoms with E-state index in [1.165, 1.54) is 38.5 Å². The first-order chi connectivity index (χ1) is 11.0. The van der Waals surface area contributed by atoms with Crippen molar-refractivity contribution < 1.29 is 23.0 Å². The predicted octanol–water partition coefficient (Wildman–Crippen LogP) is 4.27. The highest BCUT2D eigenvalue weighted by atomic mass is 32.2. The van der Waals surface area contributed by atoms with Gasteiger partial charge in [0.2, 0.25) is 0 Å². The first-order valence-corrected chi connectivity index (χ1v) is 7.49. The Hall–Kier alpha value is -2.28. The summed E-state index contributed by atoms with van der Waals surface area (Å²) in [6.45, 7) is 0. The number of hydrogen-bond acceptors (Lipinski definition) is 4. The molecule has 0 heterocycles. The molecule has 1 amide bonds. The molecule has 0 atom stereocenters. The number of halogens is 2. The molecule has 0 bridgehead atoms. The van der Waals surface area contributed by atoms with E-state index in [1.807, 2.05) is 0 Å². The molecule has 0 saturated heterocycles. The summed E-state index contributed by atoms with van der Waals surface area (Å²) < 4.78 is 34.8. The number of methoxy groups -OCH3 is 2. The van der Waals surface area contributed by atoms with Crippen molar-refractivity contribution in [2.45, 2.75) is 10.7 Å². The molecule has 0 aliphatic heterocycles. The van der Waals surface area contributed by atoms with Crippen LogP contribution in [0.5, 0.6) is 11.5 Å². The fraction of sp³-hybridized carbons (Fsp3) is 0.188. The number of nitrogens with one attached hydrogen (secondary N) is 1. The SMILES string of the molecule is COc1cc(NC(=O)c2ccc(SC(F)F)cc2)cc(OC)c1. The summed E-state index contributed by atoms with van der Waals surface area (Å²) in [5, 5.41) is 2.71. The molecule has 23 heavy (non-hydrogen) atoms. The Labute approximate surface area is 136 Å². The molecule has 0 aromatic heterocycles. The molecule has 0 aliphatic rings. The number of carbonyl (C=O) groups is 1. The number of alkyl halides is 2. The van der Waals surface area contributed by atoms with Gasteiger partial charge in [0, 0.05) is 34.3 Å². The zero-order valence-corrected chi connectivity index (χ0v) is 13.3. The first kappa shape index (κ1) is 17.1. The van der Waals surface area contributed by atoms with Gasteiger partial charge in [0.05, 0.1) is 14.2 Å². The van der Waals surface area contributed by atoms with Gasteiger partial charge in [-0.2, -0.15) is 8.78 Å². The molecule has 2 rings (SSSR count). The Morgan fingerprint density at radius 1 is 1.04 bits per heavy atom. The molecule has 122 valence electrons. The number of ether oxygens (including phenoxy) is 2. The van der Waals surface area contributed by atoms with Crippen molar-refractivity contribution in [3.8, 4) is 11.5 Å². The van der Waals surface area contributed by atoms with Gasteiger partial charge in [-0.25, -0.2) is 0 Å². The largest absolute Gasteiger partial charge is 0.497 e. The Kier molecular flexibility index (Phi) is 5.81. The van der Waals surface area contributed by atoms with Crippen molar-refractivity contribution in [3.63, 3.8) is 0 Å². The number of carbonyl (C=O) groups excluding carboxylic acids is 1. The first-order valence-electron chi connectivity index (χ1n) is 6.61. The number of rotatable bonds is 6. The number of hydrogen-bond donors (Lipinski definition) is 1. The Bertz CT molecular complexity index is 655. The number of benzene rings is 2. The van der Waals surface area contributed by atoms with Crippen LogP contribution in [-0.2, 0) is 0 Å². The highest BCUT2D eigenvalue weighted by Gasteiger charge is 2.10. The maximum Gasteiger partial charge on any atom is 0.288 e. The lowest BCUT2D eigenvalue weighted by Crippen LogP contribution is -2.11. The van der Waals surface area contributed by atoms with Gasteiger partial charge in [0.1, 0.15) is 11.5 Å². The fourth-order valence-electron chi connectivity index (χ4n) is 1.87. The average molecular weight is 339 g/mol. The van der Waals surface area contributed by atoms with Crippen LogP contribution in [0, 0.1) is 0 Å². The summed E-state index contributed by atoms with van der Waals surface area (Å²) in [4.78, 5) is 12.6. The molecule has 0 radical (unpaired) electrons. The molecule has 2 aromatic rings. The normalized spacial score (nSPS) is 10.5. The maximum atomic E-state index is 12.3. The third-order valence-electron chi connectivity index (χ3n) is 2.95. The zero-order chi connectivity index (χ0) is 16.8. The molecule has 0 saturated carbocycles. The highest BCUT2D eigenvalue weighted by Crippen LogP contribution is 2.27. The summed E-state index contributed by atoms with van der Waals surface area (Å²) >= 11 is 0.435. The number of thioether (sulfide) groups is 1. The summed E-state index contributed by atoms with van der Waals surface area (Å²) in [6.07, 6.45) is 0. The van der Waals surface area contributed by atoms with Gasteiger partial charge >= 0.3 is 0 Å². The number of anilines is 1. The molecular formula is C16H15F2NO3S. The molecule has 1 N–H and O–H groups in total. The van der Waals surface area contributed by atoms with Crippen molar-refractivity contribution in [1.29, 1.82) is 0 Å². The second kappa shape index (κ2) is 7.82. The van der Waals surface area contributed by atoms with Crippen LogP contribution in [-0.4, -0.2) is 25.9 Å². The van der Waals surface area contributed by atoms with Crippen LogP contribution in [0.4, 0.5) is 14.5 Å². The van der Waals surface area contributed by atoms with Crippen LogP contribution in [0.25, 0.3) is 0 Å². The van der Waals surface area contributed by atoms with Gasteiger partial charge in [-0.3, -0.25) is 4.79 Å². The average Bonchev–Trinajstić information content (AvgIpc) is 2.54. The van der Waals surface area contributed by atoms with Gasteiger partial charge in [-0.05, 0) is 24.3 Å². The van der Waals surface area contributed by atoms with E-state index in [9.17, 15) is 13.6 Å². The Morgan fingerprint density at radius 2 is 1.61 bits per heavy atom. The maximum absolute atomic E-state index is 12.3. The van der Waals surface area contributed by atoms with Crippen LogP contribution in [0.1, 0.15) is 10.4 Å². The Balaban J connectivity index is 2.12. The molecule has 2 aromatic carbocycles. The van der Waals surface area contributed by atoms with Crippen LogP contribution in [0.2, 0.25) is 0 Å². The van der Waals surface area contributed by atoms with E-state index in [2.05, 4.69) is 5.32 Å². The summed E-state index contributed by atoms with van der Waals surface area (Å²) in [5.74, 6) is -1.75. The summed E-state index contributed by atoms with van der Waals surface area (Å²) in [5.41, 5.74) is 0.877. The lowest BCUT2D eigenvalue weighted by Gasteiger charge is -2.10. The van der Waals surface area contributed by atoms with E-state index >= 15 is 0 Å². The lowest BCUT2D eigenvalue weighted by molar-refractivity contribution is 0.102. The van der Waals surface area contributed by atoms with Gasteiger partial charge in [0.15, 0.2) is 0 Å². The monoisotopic (exact) mass is 339 g/mol. The highest BCUT2D eigenvalue weighted by molar-refractivity contribution is 7.99. The minimum atomic E-state index is -2.49. The van der Waals surface area contributed by atoms with Crippen LogP contribution >= 0.6 is 11.8 Å². The van der Waals surface area contributed by atoms with Crippen molar-refractivity contribution in [1.82, 2.24) is 0 Å². The quantitative estimate of drug-likeness (QED) is 0.799. The molecule has 4 nitrogen and oxygen atoms in total. The lowest BCUT2D eigenvalue weighted by atomic mass is 10.2. The van der Waals surface area contributed by atoms with Crippen molar-refractivity contribution in [2.24, 2.45) is 0 Å². The van der Waals surface area contributed by atoms with Crippen molar-refractivity contribution in [3.05, 3.63) is 48.0 Å². The van der Waals surface area contributed by atoms with Crippen LogP contribution in [0.15, 0.2) is 47.4 Å². The predicted molar refractivity (Wildman–Crippen MR) is 85.8 cm³/mol. The smallest absolute Gasteiger partial charge is 0.288 e. The third kappa shape index (κ3) is 4.85. The van der Waals surface area contributed by atoms with Crippen LogP contribution < -0.4 is 14.8 Å². The minimum absolute atomic E-state index is 0.353. The van der Waals surface area contributed by atoms with Crippen LogP contribution in [0.3, 0.4) is 0 Å². The molecule has 0 fully saturated rings. The van der Waals surface area contributed by atoms with Crippen molar-refractivity contribution in [2.75, 3.05) is 19.5 Å². The minimum Gasteiger partial charge on any atom is -0.497 e. The molecule has 0 spiro atoms. The molecule has 0 unspecified atom stereocenters. The second-order valence-corrected chi connectivity index (χ2v) is 5.52. The van der Waals surface area contributed by atoms with Gasteiger partial charge in [-0.1, -0.05) is 11.8 Å².